The lowest BCUT2D eigenvalue weighted by Crippen LogP contribution is -2.68. The third-order valence-electron chi connectivity index (χ3n) is 15.6. The first-order valence-electron chi connectivity index (χ1n) is 26.6. The van der Waals surface area contributed by atoms with Gasteiger partial charge in [0.1, 0.15) is 23.6 Å². The van der Waals surface area contributed by atoms with Gasteiger partial charge in [-0.05, 0) is 125 Å². The van der Waals surface area contributed by atoms with Crippen molar-refractivity contribution in [1.29, 1.82) is 0 Å². The van der Waals surface area contributed by atoms with Crippen LogP contribution in [0.5, 0.6) is 11.5 Å². The number of carbonyl (C=O) groups excluding carboxylic acids is 1. The normalized spacial score (nSPS) is 15.4. The molecule has 1 aromatic heterocycles. The van der Waals surface area contributed by atoms with E-state index in [1.165, 1.54) is 14.7 Å². The molecular formula is C61H76N4O8SSi2. The number of rotatable bonds is 20. The fraction of sp³-hybridized carbons (Fsp3) is 0.393. The Hall–Kier alpha value is -5.95. The lowest BCUT2D eigenvalue weighted by Gasteiger charge is -2.46. The van der Waals surface area contributed by atoms with Crippen molar-refractivity contribution in [2.75, 3.05) is 13.2 Å². The number of aromatic nitrogens is 3. The van der Waals surface area contributed by atoms with Crippen molar-refractivity contribution in [1.82, 2.24) is 19.3 Å². The lowest BCUT2D eigenvalue weighted by molar-refractivity contribution is -0.143. The van der Waals surface area contributed by atoms with Gasteiger partial charge in [-0.2, -0.15) is 12.7 Å². The highest BCUT2D eigenvalue weighted by Gasteiger charge is 2.52. The second-order valence-corrected chi connectivity index (χ2v) is 33.3. The zero-order valence-corrected chi connectivity index (χ0v) is 49.2. The Balaban J connectivity index is 1.10. The van der Waals surface area contributed by atoms with Crippen LogP contribution in [0.1, 0.15) is 119 Å². The van der Waals surface area contributed by atoms with Crippen LogP contribution in [-0.4, -0.2) is 69.6 Å². The number of hydrogen-bond acceptors (Lipinski definition) is 10. The molecular weight excluding hydrogens is 1000 g/mol. The van der Waals surface area contributed by atoms with E-state index in [1.54, 1.807) is 19.1 Å². The molecule has 0 spiro atoms. The van der Waals surface area contributed by atoms with Crippen molar-refractivity contribution in [3.05, 3.63) is 178 Å². The maximum Gasteiger partial charge on any atom is 0.386 e. The number of fused-ring (bicyclic) bond motifs is 2. The van der Waals surface area contributed by atoms with Crippen LogP contribution < -0.4 is 19.3 Å². The summed E-state index contributed by atoms with van der Waals surface area (Å²) < 4.78 is 63.3. The molecule has 1 aliphatic rings. The van der Waals surface area contributed by atoms with E-state index < -0.39 is 38.9 Å². The second kappa shape index (κ2) is 22.9. The highest BCUT2D eigenvalue weighted by Crippen LogP contribution is 2.42. The van der Waals surface area contributed by atoms with E-state index in [2.05, 4.69) is 121 Å². The van der Waals surface area contributed by atoms with Gasteiger partial charge in [0.15, 0.2) is 8.32 Å². The summed E-state index contributed by atoms with van der Waals surface area (Å²) in [4.78, 5) is 13.5. The smallest absolute Gasteiger partial charge is 0.386 e. The molecule has 0 saturated heterocycles. The molecule has 12 nitrogen and oxygen atoms in total. The van der Waals surface area contributed by atoms with Crippen molar-refractivity contribution in [3.8, 4) is 11.5 Å². The monoisotopic (exact) mass is 1080 g/mol. The number of carbonyl (C=O) groups is 1. The molecule has 0 N–H and O–H groups in total. The van der Waals surface area contributed by atoms with Crippen LogP contribution in [0.2, 0.25) is 23.2 Å². The molecule has 0 amide bonds. The van der Waals surface area contributed by atoms with Gasteiger partial charge in [-0.15, -0.1) is 5.10 Å². The summed E-state index contributed by atoms with van der Waals surface area (Å²) in [5, 5.41) is 11.8. The minimum absolute atomic E-state index is 0.00962. The average molecular weight is 1080 g/mol. The zero-order valence-electron chi connectivity index (χ0n) is 46.4. The number of benzene rings is 6. The molecule has 402 valence electrons. The molecule has 7 aromatic rings. The minimum atomic E-state index is -4.19. The molecule has 2 heterocycles. The predicted octanol–water partition coefficient (Wildman–Crippen LogP) is 12.3. The van der Waals surface area contributed by atoms with Gasteiger partial charge in [0.05, 0.1) is 37.3 Å². The average Bonchev–Trinajstić information content (AvgIpc) is 3.82. The van der Waals surface area contributed by atoms with Crippen molar-refractivity contribution in [2.24, 2.45) is 0 Å². The van der Waals surface area contributed by atoms with Gasteiger partial charge in [-0.3, -0.25) is 4.79 Å². The Morgan fingerprint density at radius 2 is 1.43 bits per heavy atom. The number of hydrogen-bond donors (Lipinski definition) is 0. The van der Waals surface area contributed by atoms with Crippen molar-refractivity contribution < 1.29 is 35.7 Å². The second-order valence-electron chi connectivity index (χ2n) is 22.7. The molecule has 8 rings (SSSR count). The summed E-state index contributed by atoms with van der Waals surface area (Å²) in [5.74, 6) is 0.0989. The first kappa shape index (κ1) is 56.3. The third kappa shape index (κ3) is 12.1. The standard InChI is InChI=1S/C61H76N4O8SSi2/c1-13-69-58(66)39-55(47-30-29-43(2)54(38-47)45(4)65-40-48-37-49(31-34-57(48)72-74(65,67)68)70-41-46-23-17-14-18-24-46)53-32-33-56-59(44(53)3)62-63-64(56)36-35-50(42-71-75(11,12)60(5,6)7)73-76(61(8,9)10,51-25-19-15-20-26-51)52-27-21-16-22-28-52/h14-34,37-38,45,50,55H,13,35-36,39-42H2,1-12H3/t45-,50+,55?/m1/s1. The van der Waals surface area contributed by atoms with E-state index in [0.717, 1.165) is 44.4 Å². The van der Waals surface area contributed by atoms with Crippen molar-refractivity contribution in [2.45, 2.75) is 143 Å². The molecule has 0 aliphatic carbocycles. The molecule has 15 heteroatoms. The summed E-state index contributed by atoms with van der Waals surface area (Å²) in [6, 6.07) is 46.1. The van der Waals surface area contributed by atoms with E-state index in [0.29, 0.717) is 37.5 Å². The van der Waals surface area contributed by atoms with Gasteiger partial charge in [0.25, 0.3) is 8.32 Å². The Labute approximate surface area is 453 Å². The largest absolute Gasteiger partial charge is 0.489 e. The number of esters is 1. The Kier molecular flexibility index (Phi) is 17.0. The Morgan fingerprint density at radius 1 is 0.789 bits per heavy atom. The topological polar surface area (TPSA) is 131 Å². The molecule has 0 fully saturated rings. The lowest BCUT2D eigenvalue weighted by atomic mass is 9.83. The van der Waals surface area contributed by atoms with Gasteiger partial charge in [0, 0.05) is 24.6 Å². The van der Waals surface area contributed by atoms with Crippen molar-refractivity contribution >= 4 is 54.3 Å². The number of aryl methyl sites for hydroxylation is 3. The highest BCUT2D eigenvalue weighted by molar-refractivity contribution is 7.84. The van der Waals surface area contributed by atoms with Gasteiger partial charge in [-0.25, -0.2) is 4.68 Å². The Morgan fingerprint density at radius 3 is 2.05 bits per heavy atom. The molecule has 1 aliphatic heterocycles. The summed E-state index contributed by atoms with van der Waals surface area (Å²) >= 11 is 0. The summed E-state index contributed by atoms with van der Waals surface area (Å²) in [7, 11) is -9.33. The summed E-state index contributed by atoms with van der Waals surface area (Å²) in [6.45, 7) is 27.6. The molecule has 1 unspecified atom stereocenters. The quantitative estimate of drug-likeness (QED) is 0.0537. The SMILES string of the molecule is CCOC(=O)CC(c1ccc(C)c([C@@H](C)N2Cc3cc(OCc4ccccc4)ccc3OS2(=O)=O)c1)c1ccc2c(nnn2CC[C@@H](CO[Si](C)(C)C(C)(C)C)O[Si](c2ccccc2)(c2ccccc2)C(C)(C)C)c1C. The van der Waals surface area contributed by atoms with Crippen LogP contribution in [0.3, 0.4) is 0 Å². The fourth-order valence-corrected chi connectivity index (χ4v) is 17.3. The highest BCUT2D eigenvalue weighted by atomic mass is 32.2. The van der Waals surface area contributed by atoms with Crippen molar-refractivity contribution in [3.63, 3.8) is 0 Å². The maximum absolute atomic E-state index is 13.9. The minimum Gasteiger partial charge on any atom is -0.489 e. The van der Waals surface area contributed by atoms with Crippen LogP contribution in [-0.2, 0) is 48.4 Å². The van der Waals surface area contributed by atoms with Crippen LogP contribution in [0, 0.1) is 13.8 Å². The van der Waals surface area contributed by atoms with Crippen LogP contribution in [0.15, 0.2) is 140 Å². The fourth-order valence-electron chi connectivity index (χ4n) is 10.2. The Bertz CT molecular complexity index is 3190. The summed E-state index contributed by atoms with van der Waals surface area (Å²) in [5.41, 5.74) is 7.63. The van der Waals surface area contributed by atoms with E-state index in [9.17, 15) is 13.2 Å². The maximum atomic E-state index is 13.9. The molecule has 0 bridgehead atoms. The number of nitrogens with zero attached hydrogens (tertiary/aromatic N) is 4. The molecule has 76 heavy (non-hydrogen) atoms. The van der Waals surface area contributed by atoms with Crippen LogP contribution in [0.4, 0.5) is 0 Å². The van der Waals surface area contributed by atoms with E-state index in [4.69, 9.17) is 32.8 Å². The van der Waals surface area contributed by atoms with Gasteiger partial charge < -0.3 is 22.5 Å². The first-order chi connectivity index (χ1) is 36.0. The van der Waals surface area contributed by atoms with Crippen LogP contribution in [0.25, 0.3) is 11.0 Å². The van der Waals surface area contributed by atoms with Crippen LogP contribution >= 0.6 is 0 Å². The van der Waals surface area contributed by atoms with Gasteiger partial charge in [-0.1, -0.05) is 162 Å². The van der Waals surface area contributed by atoms with E-state index >= 15 is 0 Å². The number of ether oxygens (including phenoxy) is 2. The third-order valence-corrected chi connectivity index (χ3v) is 26.6. The first-order valence-corrected chi connectivity index (χ1v) is 32.7. The van der Waals surface area contributed by atoms with E-state index in [-0.39, 0.29) is 47.5 Å². The van der Waals surface area contributed by atoms with E-state index in [1.807, 2.05) is 86.1 Å². The molecule has 6 aromatic carbocycles. The zero-order chi connectivity index (χ0) is 54.6. The molecule has 0 radical (unpaired) electrons. The predicted molar refractivity (Wildman–Crippen MR) is 308 cm³/mol. The van der Waals surface area contributed by atoms with Gasteiger partial charge >= 0.3 is 16.3 Å². The summed E-state index contributed by atoms with van der Waals surface area (Å²) in [6.07, 6.45) is 0.413. The molecule has 3 atom stereocenters. The van der Waals surface area contributed by atoms with Gasteiger partial charge in [0.2, 0.25) is 0 Å². The molecule has 0 saturated carbocycles.